The average Bonchev–Trinajstić information content (AvgIpc) is 2.75. The Labute approximate surface area is 125 Å². The summed E-state index contributed by atoms with van der Waals surface area (Å²) in [6, 6.07) is 6.38. The third-order valence-corrected chi connectivity index (χ3v) is 5.18. The molecule has 0 unspecified atom stereocenters. The van der Waals surface area contributed by atoms with Crippen molar-refractivity contribution in [2.24, 2.45) is 11.3 Å². The minimum atomic E-state index is -0.680. The van der Waals surface area contributed by atoms with Crippen LogP contribution in [0.5, 0.6) is 0 Å². The van der Waals surface area contributed by atoms with Crippen molar-refractivity contribution in [1.82, 2.24) is 4.90 Å². The summed E-state index contributed by atoms with van der Waals surface area (Å²) >= 11 is 0. The Kier molecular flexibility index (Phi) is 3.76. The van der Waals surface area contributed by atoms with Crippen LogP contribution in [0.1, 0.15) is 30.5 Å². The lowest BCUT2D eigenvalue weighted by molar-refractivity contribution is -0.149. The summed E-state index contributed by atoms with van der Waals surface area (Å²) in [5.74, 6) is -0.501. The quantitative estimate of drug-likeness (QED) is 0.927. The van der Waals surface area contributed by atoms with Gasteiger partial charge in [-0.05, 0) is 36.0 Å². The average molecular weight is 289 g/mol. The topological polar surface area (TPSA) is 49.8 Å². The largest absolute Gasteiger partial charge is 0.481 e. The molecule has 1 fully saturated rings. The van der Waals surface area contributed by atoms with Gasteiger partial charge in [0.25, 0.3) is 0 Å². The smallest absolute Gasteiger partial charge is 0.310 e. The van der Waals surface area contributed by atoms with Crippen LogP contribution >= 0.6 is 0 Å². The number of aliphatic carboxylic acids is 1. The van der Waals surface area contributed by atoms with Gasteiger partial charge in [-0.25, -0.2) is 0 Å². The van der Waals surface area contributed by atoms with Crippen molar-refractivity contribution in [1.29, 1.82) is 0 Å². The molecule has 1 N–H and O–H groups in total. The summed E-state index contributed by atoms with van der Waals surface area (Å²) in [7, 11) is 0. The van der Waals surface area contributed by atoms with Crippen LogP contribution in [0.3, 0.4) is 0 Å². The molecule has 0 radical (unpaired) electrons. The Morgan fingerprint density at radius 1 is 1.52 bits per heavy atom. The van der Waals surface area contributed by atoms with E-state index in [0.29, 0.717) is 13.2 Å². The predicted molar refractivity (Wildman–Crippen MR) is 80.0 cm³/mol. The highest BCUT2D eigenvalue weighted by Crippen LogP contribution is 2.36. The standard InChI is InChI=1S/C17H23NO3/c1-12-8-18(11-17(12,2)16(19)20)9-13-4-3-5-14-10-21-7-6-15(13)14/h3-5,12H,6-11H2,1-2H3,(H,19,20)/t12-,17-/m1/s1. The molecule has 0 bridgehead atoms. The van der Waals surface area contributed by atoms with Gasteiger partial charge in [-0.3, -0.25) is 9.69 Å². The number of carbonyl (C=O) groups is 1. The molecule has 1 aromatic carbocycles. The second-order valence-corrected chi connectivity index (χ2v) is 6.65. The predicted octanol–water partition coefficient (Wildman–Crippen LogP) is 2.30. The number of likely N-dealkylation sites (tertiary alicyclic amines) is 1. The summed E-state index contributed by atoms with van der Waals surface area (Å²) in [6.45, 7) is 7.72. The number of carboxylic acids is 1. The lowest BCUT2D eigenvalue weighted by Crippen LogP contribution is -2.35. The second-order valence-electron chi connectivity index (χ2n) is 6.65. The van der Waals surface area contributed by atoms with E-state index in [1.54, 1.807) is 0 Å². The Bertz CT molecular complexity index is 557. The maximum atomic E-state index is 11.5. The van der Waals surface area contributed by atoms with Crippen LogP contribution in [-0.2, 0) is 29.1 Å². The van der Waals surface area contributed by atoms with Gasteiger partial charge in [0.05, 0.1) is 18.6 Å². The normalized spacial score (nSPS) is 29.3. The van der Waals surface area contributed by atoms with Crippen molar-refractivity contribution in [2.45, 2.75) is 33.4 Å². The zero-order valence-electron chi connectivity index (χ0n) is 12.8. The molecule has 3 rings (SSSR count). The first kappa shape index (κ1) is 14.5. The number of hydrogen-bond donors (Lipinski definition) is 1. The maximum Gasteiger partial charge on any atom is 0.310 e. The fourth-order valence-corrected chi connectivity index (χ4v) is 3.56. The number of carboxylic acid groups (broad SMARTS) is 1. The van der Waals surface area contributed by atoms with E-state index in [4.69, 9.17) is 4.74 Å². The first-order valence-electron chi connectivity index (χ1n) is 7.64. The zero-order chi connectivity index (χ0) is 15.0. The Balaban J connectivity index is 1.78. The van der Waals surface area contributed by atoms with E-state index in [1.807, 2.05) is 13.8 Å². The van der Waals surface area contributed by atoms with E-state index in [1.165, 1.54) is 16.7 Å². The Morgan fingerprint density at radius 2 is 2.33 bits per heavy atom. The minimum Gasteiger partial charge on any atom is -0.481 e. The lowest BCUT2D eigenvalue weighted by atomic mass is 9.81. The van der Waals surface area contributed by atoms with E-state index in [9.17, 15) is 9.90 Å². The van der Waals surface area contributed by atoms with Crippen molar-refractivity contribution >= 4 is 5.97 Å². The molecule has 114 valence electrons. The summed E-state index contributed by atoms with van der Waals surface area (Å²) < 4.78 is 5.51. The van der Waals surface area contributed by atoms with E-state index in [-0.39, 0.29) is 5.92 Å². The Morgan fingerprint density at radius 3 is 3.05 bits per heavy atom. The number of hydrogen-bond acceptors (Lipinski definition) is 3. The fourth-order valence-electron chi connectivity index (χ4n) is 3.56. The molecule has 2 aliphatic rings. The molecule has 0 amide bonds. The molecule has 2 atom stereocenters. The third-order valence-electron chi connectivity index (χ3n) is 5.18. The van der Waals surface area contributed by atoms with Gasteiger partial charge in [0, 0.05) is 19.6 Å². The first-order valence-corrected chi connectivity index (χ1v) is 7.64. The van der Waals surface area contributed by atoms with Gasteiger partial charge < -0.3 is 9.84 Å². The molecule has 0 saturated carbocycles. The molecule has 0 aromatic heterocycles. The second kappa shape index (κ2) is 5.43. The van der Waals surface area contributed by atoms with Crippen LogP contribution < -0.4 is 0 Å². The molecule has 0 spiro atoms. The lowest BCUT2D eigenvalue weighted by Gasteiger charge is -2.24. The SMILES string of the molecule is C[C@@H]1CN(Cc2cccc3c2CCOC3)C[C@@]1(C)C(=O)O. The maximum absolute atomic E-state index is 11.5. The van der Waals surface area contributed by atoms with Crippen molar-refractivity contribution in [3.63, 3.8) is 0 Å². The van der Waals surface area contributed by atoms with Crippen LogP contribution in [0.25, 0.3) is 0 Å². The molecular formula is C17H23NO3. The highest BCUT2D eigenvalue weighted by Gasteiger charge is 2.46. The van der Waals surface area contributed by atoms with Crippen molar-refractivity contribution in [3.8, 4) is 0 Å². The van der Waals surface area contributed by atoms with Gasteiger partial charge in [-0.2, -0.15) is 0 Å². The first-order chi connectivity index (χ1) is 10.0. The van der Waals surface area contributed by atoms with Crippen LogP contribution in [-0.4, -0.2) is 35.7 Å². The van der Waals surface area contributed by atoms with Crippen LogP contribution in [0.4, 0.5) is 0 Å². The van der Waals surface area contributed by atoms with E-state index < -0.39 is 11.4 Å². The van der Waals surface area contributed by atoms with Gasteiger partial charge in [-0.1, -0.05) is 25.1 Å². The summed E-state index contributed by atoms with van der Waals surface area (Å²) in [5.41, 5.74) is 3.39. The number of ether oxygens (including phenoxy) is 1. The summed E-state index contributed by atoms with van der Waals surface area (Å²) in [5, 5.41) is 9.48. The Hall–Kier alpha value is -1.39. The molecule has 1 aromatic rings. The molecule has 21 heavy (non-hydrogen) atoms. The number of nitrogens with zero attached hydrogens (tertiary/aromatic N) is 1. The molecule has 1 saturated heterocycles. The molecule has 0 aliphatic carbocycles. The van der Waals surface area contributed by atoms with Crippen molar-refractivity contribution < 1.29 is 14.6 Å². The van der Waals surface area contributed by atoms with Gasteiger partial charge in [0.2, 0.25) is 0 Å². The highest BCUT2D eigenvalue weighted by molar-refractivity contribution is 5.75. The van der Waals surface area contributed by atoms with Crippen LogP contribution in [0, 0.1) is 11.3 Å². The molecule has 4 heteroatoms. The van der Waals surface area contributed by atoms with Crippen molar-refractivity contribution in [3.05, 3.63) is 34.9 Å². The van der Waals surface area contributed by atoms with Crippen LogP contribution in [0.15, 0.2) is 18.2 Å². The summed E-state index contributed by atoms with van der Waals surface area (Å²) in [4.78, 5) is 13.8. The number of fused-ring (bicyclic) bond motifs is 1. The van der Waals surface area contributed by atoms with Crippen LogP contribution in [0.2, 0.25) is 0 Å². The highest BCUT2D eigenvalue weighted by atomic mass is 16.5. The number of rotatable bonds is 3. The monoisotopic (exact) mass is 289 g/mol. The van der Waals surface area contributed by atoms with Gasteiger partial charge in [0.15, 0.2) is 0 Å². The minimum absolute atomic E-state index is 0.179. The zero-order valence-corrected chi connectivity index (χ0v) is 12.8. The summed E-state index contributed by atoms with van der Waals surface area (Å²) in [6.07, 6.45) is 0.963. The third kappa shape index (κ3) is 2.58. The van der Waals surface area contributed by atoms with E-state index in [0.717, 1.165) is 26.1 Å². The van der Waals surface area contributed by atoms with E-state index in [2.05, 4.69) is 23.1 Å². The number of benzene rings is 1. The van der Waals surface area contributed by atoms with E-state index >= 15 is 0 Å². The molecule has 2 aliphatic heterocycles. The molecular weight excluding hydrogens is 266 g/mol. The fraction of sp³-hybridized carbons (Fsp3) is 0.588. The van der Waals surface area contributed by atoms with Gasteiger partial charge in [0.1, 0.15) is 0 Å². The van der Waals surface area contributed by atoms with Gasteiger partial charge >= 0.3 is 5.97 Å². The van der Waals surface area contributed by atoms with Crippen molar-refractivity contribution in [2.75, 3.05) is 19.7 Å². The van der Waals surface area contributed by atoms with Gasteiger partial charge in [-0.15, -0.1) is 0 Å². The molecule has 2 heterocycles. The molecule has 4 nitrogen and oxygen atoms in total.